The number of carbonyl (C=O) groups excluding carboxylic acids is 1. The van der Waals surface area contributed by atoms with Crippen molar-refractivity contribution in [3.8, 4) is 5.75 Å². The Balaban J connectivity index is 1.57. The number of anilines is 4. The summed E-state index contributed by atoms with van der Waals surface area (Å²) in [5.41, 5.74) is 2.78. The quantitative estimate of drug-likeness (QED) is 0.463. The highest BCUT2D eigenvalue weighted by molar-refractivity contribution is 6.31. The molecule has 178 valence electrons. The first-order valence-corrected chi connectivity index (χ1v) is 11.8. The van der Waals surface area contributed by atoms with Crippen molar-refractivity contribution in [3.05, 3.63) is 65.3 Å². The first-order chi connectivity index (χ1) is 16.6. The average Bonchev–Trinajstić information content (AvgIpc) is 2.83. The second kappa shape index (κ2) is 11.7. The predicted molar refractivity (Wildman–Crippen MR) is 135 cm³/mol. The smallest absolute Gasteiger partial charge is 0.229 e. The average molecular weight is 481 g/mol. The molecule has 1 aromatic heterocycles. The highest BCUT2D eigenvalue weighted by Crippen LogP contribution is 2.30. The maximum Gasteiger partial charge on any atom is 0.229 e. The second-order valence-corrected chi connectivity index (χ2v) is 8.46. The minimum absolute atomic E-state index is 0.0501. The fraction of sp³-hybridized carbons (Fsp3) is 0.320. The number of carbonyl (C=O) groups is 1. The van der Waals surface area contributed by atoms with Gasteiger partial charge in [0.05, 0.1) is 12.3 Å². The lowest BCUT2D eigenvalue weighted by Gasteiger charge is -2.20. The molecule has 2 aliphatic heterocycles. The Hall–Kier alpha value is -3.36. The molecule has 9 heteroatoms. The Bertz CT molecular complexity index is 1110. The fourth-order valence-electron chi connectivity index (χ4n) is 3.61. The van der Waals surface area contributed by atoms with Crippen LogP contribution in [0.25, 0.3) is 0 Å². The number of hydrogen-bond donors (Lipinski definition) is 3. The summed E-state index contributed by atoms with van der Waals surface area (Å²) in [4.78, 5) is 23.4. The number of rotatable bonds is 1. The summed E-state index contributed by atoms with van der Waals surface area (Å²) < 4.78 is 5.95. The molecule has 0 atom stereocenters. The van der Waals surface area contributed by atoms with Crippen molar-refractivity contribution in [2.24, 2.45) is 0 Å². The van der Waals surface area contributed by atoms with E-state index in [4.69, 9.17) is 16.3 Å². The molecule has 0 radical (unpaired) electrons. The van der Waals surface area contributed by atoms with Crippen molar-refractivity contribution in [2.75, 3.05) is 36.9 Å². The number of fused-ring (bicyclic) bond motifs is 11. The molecular formula is C25H29ClN6O2. The van der Waals surface area contributed by atoms with Crippen molar-refractivity contribution in [1.29, 1.82) is 0 Å². The van der Waals surface area contributed by atoms with Crippen LogP contribution in [0, 0.1) is 0 Å². The Morgan fingerprint density at radius 1 is 1.12 bits per heavy atom. The summed E-state index contributed by atoms with van der Waals surface area (Å²) in [6.45, 7) is 5.50. The monoisotopic (exact) mass is 480 g/mol. The van der Waals surface area contributed by atoms with E-state index in [1.54, 1.807) is 18.3 Å². The van der Waals surface area contributed by atoms with Crippen LogP contribution in [0.4, 0.5) is 23.1 Å². The summed E-state index contributed by atoms with van der Waals surface area (Å²) in [6, 6.07) is 15.4. The van der Waals surface area contributed by atoms with Gasteiger partial charge in [0.2, 0.25) is 11.9 Å². The van der Waals surface area contributed by atoms with Gasteiger partial charge < -0.3 is 20.7 Å². The molecule has 4 bridgehead atoms. The van der Waals surface area contributed by atoms with Gasteiger partial charge in [0.15, 0.2) is 0 Å². The molecule has 3 heterocycles. The number of amides is 1. The van der Waals surface area contributed by atoms with Gasteiger partial charge in [-0.15, -0.1) is 0 Å². The SMILES string of the molecule is CCN1CCC(=O)NCCCOc2ccc(Cl)cc2Nc2nccc(n2)Nc2ccc(cc2)C1. The van der Waals surface area contributed by atoms with Gasteiger partial charge in [-0.25, -0.2) is 4.98 Å². The number of ether oxygens (including phenoxy) is 1. The molecule has 8 nitrogen and oxygen atoms in total. The normalized spacial score (nSPS) is 15.6. The maximum atomic E-state index is 12.3. The van der Waals surface area contributed by atoms with Crippen LogP contribution in [0.1, 0.15) is 25.3 Å². The van der Waals surface area contributed by atoms with Gasteiger partial charge in [-0.2, -0.15) is 4.98 Å². The third-order valence-electron chi connectivity index (χ3n) is 5.48. The van der Waals surface area contributed by atoms with Gasteiger partial charge in [-0.1, -0.05) is 30.7 Å². The molecule has 3 N–H and O–H groups in total. The summed E-state index contributed by atoms with van der Waals surface area (Å²) in [5.74, 6) is 1.78. The zero-order valence-corrected chi connectivity index (χ0v) is 19.9. The van der Waals surface area contributed by atoms with E-state index in [0.717, 1.165) is 18.8 Å². The topological polar surface area (TPSA) is 91.4 Å². The second-order valence-electron chi connectivity index (χ2n) is 8.02. The number of nitrogens with zero attached hydrogens (tertiary/aromatic N) is 3. The number of hydrogen-bond acceptors (Lipinski definition) is 7. The number of aromatic nitrogens is 2. The van der Waals surface area contributed by atoms with E-state index in [9.17, 15) is 4.79 Å². The van der Waals surface area contributed by atoms with Crippen LogP contribution in [-0.2, 0) is 11.3 Å². The Morgan fingerprint density at radius 3 is 2.79 bits per heavy atom. The lowest BCUT2D eigenvalue weighted by molar-refractivity contribution is -0.121. The summed E-state index contributed by atoms with van der Waals surface area (Å²) in [5, 5.41) is 10.1. The number of benzene rings is 2. The Morgan fingerprint density at radius 2 is 1.97 bits per heavy atom. The Kier molecular flexibility index (Phi) is 8.17. The molecule has 1 amide bonds. The third-order valence-corrected chi connectivity index (χ3v) is 5.71. The van der Waals surface area contributed by atoms with Gasteiger partial charge in [0.25, 0.3) is 0 Å². The molecule has 0 aliphatic carbocycles. The predicted octanol–water partition coefficient (Wildman–Crippen LogP) is 4.73. The van der Waals surface area contributed by atoms with Gasteiger partial charge >= 0.3 is 0 Å². The molecule has 0 spiro atoms. The molecule has 0 saturated carbocycles. The first-order valence-electron chi connectivity index (χ1n) is 11.5. The van der Waals surface area contributed by atoms with Crippen molar-refractivity contribution in [2.45, 2.75) is 26.3 Å². The van der Waals surface area contributed by atoms with Gasteiger partial charge in [0.1, 0.15) is 11.6 Å². The van der Waals surface area contributed by atoms with Crippen LogP contribution in [0.3, 0.4) is 0 Å². The van der Waals surface area contributed by atoms with E-state index in [-0.39, 0.29) is 5.91 Å². The van der Waals surface area contributed by atoms with Crippen molar-refractivity contribution in [3.63, 3.8) is 0 Å². The third kappa shape index (κ3) is 6.82. The molecule has 2 aromatic carbocycles. The standard InChI is InChI=1S/C25H29ClN6O2/c1-2-32-14-11-24(33)27-12-3-15-34-22-9-6-19(26)16-21(22)30-25-28-13-10-23(31-25)29-20-7-4-18(17-32)5-8-20/h4-10,13,16H,2-3,11-12,14-15,17H2,1H3,(H,27,33)(H2,28,29,30,31). The van der Waals surface area contributed by atoms with E-state index in [2.05, 4.69) is 49.9 Å². The molecule has 5 rings (SSSR count). The molecule has 3 aromatic rings. The number of halogens is 1. The van der Waals surface area contributed by atoms with Crippen LogP contribution in [0.15, 0.2) is 54.7 Å². The van der Waals surface area contributed by atoms with Crippen LogP contribution in [0.2, 0.25) is 5.02 Å². The number of nitrogens with one attached hydrogen (secondary N) is 3. The van der Waals surface area contributed by atoms with Crippen molar-refractivity contribution >= 4 is 40.6 Å². The summed E-state index contributed by atoms with van der Waals surface area (Å²) in [7, 11) is 0. The minimum atomic E-state index is 0.0501. The molecular weight excluding hydrogens is 452 g/mol. The van der Waals surface area contributed by atoms with Crippen LogP contribution < -0.4 is 20.7 Å². The fourth-order valence-corrected chi connectivity index (χ4v) is 3.79. The lowest BCUT2D eigenvalue weighted by Crippen LogP contribution is -2.31. The van der Waals surface area contributed by atoms with E-state index in [1.807, 2.05) is 24.3 Å². The van der Waals surface area contributed by atoms with E-state index < -0.39 is 0 Å². The molecule has 34 heavy (non-hydrogen) atoms. The highest BCUT2D eigenvalue weighted by atomic mass is 35.5. The zero-order chi connectivity index (χ0) is 23.8. The summed E-state index contributed by atoms with van der Waals surface area (Å²) in [6.07, 6.45) is 2.84. The molecule has 0 unspecified atom stereocenters. The summed E-state index contributed by atoms with van der Waals surface area (Å²) >= 11 is 6.21. The first kappa shape index (κ1) is 23.8. The molecule has 2 aliphatic rings. The van der Waals surface area contributed by atoms with Crippen LogP contribution >= 0.6 is 11.6 Å². The maximum absolute atomic E-state index is 12.3. The van der Waals surface area contributed by atoms with Crippen LogP contribution in [-0.4, -0.2) is 47.0 Å². The molecule has 0 saturated heterocycles. The lowest BCUT2D eigenvalue weighted by atomic mass is 10.2. The van der Waals surface area contributed by atoms with Crippen LogP contribution in [0.5, 0.6) is 5.75 Å². The van der Waals surface area contributed by atoms with Crippen molar-refractivity contribution < 1.29 is 9.53 Å². The van der Waals surface area contributed by atoms with E-state index in [1.165, 1.54) is 5.56 Å². The highest BCUT2D eigenvalue weighted by Gasteiger charge is 2.10. The van der Waals surface area contributed by atoms with Crippen molar-refractivity contribution in [1.82, 2.24) is 20.2 Å². The molecule has 0 fully saturated rings. The largest absolute Gasteiger partial charge is 0.491 e. The van der Waals surface area contributed by atoms with Gasteiger partial charge in [0, 0.05) is 43.0 Å². The van der Waals surface area contributed by atoms with Gasteiger partial charge in [-0.3, -0.25) is 9.69 Å². The van der Waals surface area contributed by atoms with E-state index >= 15 is 0 Å². The zero-order valence-electron chi connectivity index (χ0n) is 19.2. The minimum Gasteiger partial charge on any atom is -0.491 e. The van der Waals surface area contributed by atoms with Gasteiger partial charge in [-0.05, 0) is 54.9 Å². The Labute approximate surface area is 204 Å². The van der Waals surface area contributed by atoms with E-state index in [0.29, 0.717) is 60.8 Å².